The van der Waals surface area contributed by atoms with E-state index >= 15 is 0 Å². The molecule has 0 bridgehead atoms. The number of benzene rings is 1. The highest BCUT2D eigenvalue weighted by atomic mass is 19.1. The van der Waals surface area contributed by atoms with Gasteiger partial charge in [0.15, 0.2) is 0 Å². The molecule has 0 saturated carbocycles. The van der Waals surface area contributed by atoms with Gasteiger partial charge in [0, 0.05) is 5.56 Å². The Morgan fingerprint density at radius 3 is 2.75 bits per heavy atom. The van der Waals surface area contributed by atoms with Gasteiger partial charge in [-0.3, -0.25) is 0 Å². The Hall–Kier alpha value is -1.05. The molecule has 1 aliphatic rings. The first-order chi connectivity index (χ1) is 7.63. The molecule has 2 heteroatoms. The van der Waals surface area contributed by atoms with Crippen LogP contribution >= 0.6 is 0 Å². The summed E-state index contributed by atoms with van der Waals surface area (Å²) in [4.78, 5) is 0. The second-order valence-electron chi connectivity index (χ2n) is 4.86. The first-order valence-corrected chi connectivity index (χ1v) is 6.15. The van der Waals surface area contributed by atoms with Gasteiger partial charge in [-0.2, -0.15) is 0 Å². The number of halogens is 1. The fourth-order valence-corrected chi connectivity index (χ4v) is 2.54. The summed E-state index contributed by atoms with van der Waals surface area (Å²) in [7, 11) is 0. The summed E-state index contributed by atoms with van der Waals surface area (Å²) in [5.41, 5.74) is 2.34. The topological polar surface area (TPSA) is 20.2 Å². The monoisotopic (exact) mass is 222 g/mol. The molecule has 1 unspecified atom stereocenters. The maximum absolute atomic E-state index is 14.2. The predicted molar refractivity (Wildman–Crippen MR) is 63.2 cm³/mol. The van der Waals surface area contributed by atoms with Crippen LogP contribution < -0.4 is 0 Å². The number of phenolic OH excluding ortho intramolecular Hbond substituents is 1. The molecular formula is C14H19FO. The highest BCUT2D eigenvalue weighted by molar-refractivity contribution is 5.44. The molecule has 0 amide bonds. The van der Waals surface area contributed by atoms with Gasteiger partial charge in [-0.25, -0.2) is 4.39 Å². The fourth-order valence-electron chi connectivity index (χ4n) is 2.54. The van der Waals surface area contributed by atoms with Crippen LogP contribution in [-0.4, -0.2) is 5.11 Å². The van der Waals surface area contributed by atoms with Crippen LogP contribution in [0.4, 0.5) is 4.39 Å². The minimum atomic E-state index is -0.161. The summed E-state index contributed by atoms with van der Waals surface area (Å²) in [6, 6.07) is 1.77. The smallest absolute Gasteiger partial charge is 0.133 e. The first-order valence-electron chi connectivity index (χ1n) is 6.15. The number of fused-ring (bicyclic) bond motifs is 1. The van der Waals surface area contributed by atoms with Crippen molar-refractivity contribution in [3.05, 3.63) is 28.6 Å². The van der Waals surface area contributed by atoms with Gasteiger partial charge in [0.1, 0.15) is 11.6 Å². The number of rotatable bonds is 1. The number of hydrogen-bond acceptors (Lipinski definition) is 1. The zero-order chi connectivity index (χ0) is 11.7. The van der Waals surface area contributed by atoms with Gasteiger partial charge in [0.2, 0.25) is 0 Å². The molecule has 1 nitrogen and oxygen atoms in total. The molecule has 2 rings (SSSR count). The molecule has 0 aliphatic heterocycles. The van der Waals surface area contributed by atoms with Crippen molar-refractivity contribution in [2.45, 2.75) is 46.0 Å². The molecule has 16 heavy (non-hydrogen) atoms. The van der Waals surface area contributed by atoms with E-state index in [-0.39, 0.29) is 11.6 Å². The van der Waals surface area contributed by atoms with Crippen molar-refractivity contribution in [3.63, 3.8) is 0 Å². The Balaban J connectivity index is 2.48. The van der Waals surface area contributed by atoms with Gasteiger partial charge in [0.05, 0.1) is 0 Å². The Labute approximate surface area is 96.3 Å². The van der Waals surface area contributed by atoms with Gasteiger partial charge >= 0.3 is 0 Å². The summed E-state index contributed by atoms with van der Waals surface area (Å²) in [6.45, 7) is 4.09. The van der Waals surface area contributed by atoms with Gasteiger partial charge < -0.3 is 5.11 Å². The summed E-state index contributed by atoms with van der Waals surface area (Å²) >= 11 is 0. The van der Waals surface area contributed by atoms with Crippen molar-refractivity contribution < 1.29 is 9.50 Å². The molecule has 1 aliphatic carbocycles. The van der Waals surface area contributed by atoms with E-state index in [0.29, 0.717) is 17.9 Å². The third-order valence-corrected chi connectivity index (χ3v) is 3.68. The van der Waals surface area contributed by atoms with Gasteiger partial charge in [0.25, 0.3) is 0 Å². The molecule has 88 valence electrons. The zero-order valence-electron chi connectivity index (χ0n) is 10.0. The molecule has 0 aromatic heterocycles. The lowest BCUT2D eigenvalue weighted by atomic mass is 9.97. The van der Waals surface area contributed by atoms with E-state index in [2.05, 4.69) is 6.92 Å². The van der Waals surface area contributed by atoms with Gasteiger partial charge in [-0.15, -0.1) is 0 Å². The Bertz CT molecular complexity index is 398. The molecular weight excluding hydrogens is 203 g/mol. The third kappa shape index (κ3) is 1.93. The van der Waals surface area contributed by atoms with Gasteiger partial charge in [-0.05, 0) is 55.2 Å². The molecule has 1 atom stereocenters. The fraction of sp³-hybridized carbons (Fsp3) is 0.571. The van der Waals surface area contributed by atoms with Crippen molar-refractivity contribution in [1.29, 1.82) is 0 Å². The lowest BCUT2D eigenvalue weighted by Gasteiger charge is -2.12. The van der Waals surface area contributed by atoms with E-state index in [1.807, 2.05) is 6.92 Å². The predicted octanol–water partition coefficient (Wildman–Crippen LogP) is 3.61. The molecule has 0 spiro atoms. The van der Waals surface area contributed by atoms with E-state index in [0.717, 1.165) is 36.8 Å². The Morgan fingerprint density at radius 2 is 2.06 bits per heavy atom. The minimum absolute atomic E-state index is 0.133. The van der Waals surface area contributed by atoms with Crippen LogP contribution in [0.5, 0.6) is 5.75 Å². The molecule has 1 aromatic rings. The SMILES string of the molecule is CCc1c(O)cc2c(c1F)CCC(C)CC2. The van der Waals surface area contributed by atoms with Crippen LogP contribution in [0.15, 0.2) is 6.07 Å². The van der Waals surface area contributed by atoms with Crippen LogP contribution in [0.1, 0.15) is 43.4 Å². The van der Waals surface area contributed by atoms with Gasteiger partial charge in [-0.1, -0.05) is 13.8 Å². The maximum atomic E-state index is 14.2. The van der Waals surface area contributed by atoms with Crippen molar-refractivity contribution in [1.82, 2.24) is 0 Å². The lowest BCUT2D eigenvalue weighted by Crippen LogP contribution is -2.01. The summed E-state index contributed by atoms with van der Waals surface area (Å²) in [5.74, 6) is 0.624. The van der Waals surface area contributed by atoms with Crippen LogP contribution in [0, 0.1) is 11.7 Å². The third-order valence-electron chi connectivity index (χ3n) is 3.68. The van der Waals surface area contributed by atoms with E-state index in [9.17, 15) is 9.50 Å². The van der Waals surface area contributed by atoms with E-state index in [4.69, 9.17) is 0 Å². The molecule has 0 fully saturated rings. The van der Waals surface area contributed by atoms with E-state index < -0.39 is 0 Å². The zero-order valence-corrected chi connectivity index (χ0v) is 10.0. The highest BCUT2D eigenvalue weighted by Gasteiger charge is 2.20. The van der Waals surface area contributed by atoms with Crippen LogP contribution in [0.2, 0.25) is 0 Å². The van der Waals surface area contributed by atoms with Crippen LogP contribution in [0.25, 0.3) is 0 Å². The molecule has 0 heterocycles. The van der Waals surface area contributed by atoms with Crippen molar-refractivity contribution >= 4 is 0 Å². The highest BCUT2D eigenvalue weighted by Crippen LogP contribution is 2.32. The first kappa shape index (κ1) is 11.4. The Morgan fingerprint density at radius 1 is 1.38 bits per heavy atom. The second-order valence-corrected chi connectivity index (χ2v) is 4.86. The van der Waals surface area contributed by atoms with E-state index in [1.165, 1.54) is 0 Å². The average Bonchev–Trinajstić information content (AvgIpc) is 2.42. The summed E-state index contributed by atoms with van der Waals surface area (Å²) < 4.78 is 14.2. The molecule has 1 N–H and O–H groups in total. The lowest BCUT2D eigenvalue weighted by molar-refractivity contribution is 0.456. The normalized spacial score (nSPS) is 20.3. The number of hydrogen-bond donors (Lipinski definition) is 1. The van der Waals surface area contributed by atoms with Crippen LogP contribution in [-0.2, 0) is 19.3 Å². The average molecular weight is 222 g/mol. The van der Waals surface area contributed by atoms with E-state index in [1.54, 1.807) is 6.07 Å². The molecule has 0 saturated heterocycles. The Kier molecular flexibility index (Phi) is 3.17. The van der Waals surface area contributed by atoms with Crippen molar-refractivity contribution in [2.75, 3.05) is 0 Å². The molecule has 1 aromatic carbocycles. The largest absolute Gasteiger partial charge is 0.508 e. The standard InChI is InChI=1S/C14H19FO/c1-3-11-13(16)8-10-6-4-9(2)5-7-12(10)14(11)15/h8-9,16H,3-7H2,1-2H3. The second kappa shape index (κ2) is 4.44. The van der Waals surface area contributed by atoms with Crippen molar-refractivity contribution in [3.8, 4) is 5.75 Å². The van der Waals surface area contributed by atoms with Crippen molar-refractivity contribution in [2.24, 2.45) is 5.92 Å². The summed E-state index contributed by atoms with van der Waals surface area (Å²) in [5, 5.41) is 9.77. The quantitative estimate of drug-likeness (QED) is 0.720. The van der Waals surface area contributed by atoms with Crippen LogP contribution in [0.3, 0.4) is 0 Å². The minimum Gasteiger partial charge on any atom is -0.508 e. The number of aromatic hydroxyl groups is 1. The molecule has 0 radical (unpaired) electrons. The number of aryl methyl sites for hydroxylation is 1. The number of phenols is 1. The summed E-state index contributed by atoms with van der Waals surface area (Å²) in [6.07, 6.45) is 4.41. The maximum Gasteiger partial charge on any atom is 0.133 e.